The highest BCUT2D eigenvalue weighted by Gasteiger charge is 2.24. The highest BCUT2D eigenvalue weighted by molar-refractivity contribution is 14.1. The van der Waals surface area contributed by atoms with Crippen molar-refractivity contribution in [1.29, 1.82) is 0 Å². The van der Waals surface area contributed by atoms with Crippen molar-refractivity contribution in [2.45, 2.75) is 25.7 Å². The maximum atomic E-state index is 12.2. The zero-order valence-corrected chi connectivity index (χ0v) is 15.9. The second-order valence-corrected chi connectivity index (χ2v) is 7.92. The summed E-state index contributed by atoms with van der Waals surface area (Å²) in [6.07, 6.45) is 3.94. The van der Waals surface area contributed by atoms with Gasteiger partial charge in [-0.25, -0.2) is 0 Å². The van der Waals surface area contributed by atoms with Crippen LogP contribution in [0.5, 0.6) is 5.75 Å². The number of fused-ring (bicyclic) bond motifs is 1. The molecule has 0 fully saturated rings. The van der Waals surface area contributed by atoms with Crippen molar-refractivity contribution in [2.75, 3.05) is 11.9 Å². The average Bonchev–Trinajstić information content (AvgIpc) is 2.91. The van der Waals surface area contributed by atoms with Gasteiger partial charge in [0.15, 0.2) is 6.61 Å². The second-order valence-electron chi connectivity index (χ2n) is 5.57. The van der Waals surface area contributed by atoms with Crippen LogP contribution in [0.3, 0.4) is 0 Å². The fourth-order valence-electron chi connectivity index (χ4n) is 2.78. The first-order valence-electron chi connectivity index (χ1n) is 7.67. The molecular weight excluding hydrogens is 439 g/mol. The van der Waals surface area contributed by atoms with Crippen LogP contribution in [0.4, 0.5) is 5.00 Å². The molecule has 5 nitrogen and oxygen atoms in total. The predicted octanol–water partition coefficient (Wildman–Crippen LogP) is 3.35. The molecule has 24 heavy (non-hydrogen) atoms. The Morgan fingerprint density at radius 2 is 2.08 bits per heavy atom. The number of benzene rings is 1. The van der Waals surface area contributed by atoms with Gasteiger partial charge in [-0.1, -0.05) is 6.07 Å². The van der Waals surface area contributed by atoms with Crippen LogP contribution >= 0.6 is 33.9 Å². The number of rotatable bonds is 5. The van der Waals surface area contributed by atoms with Gasteiger partial charge in [-0.3, -0.25) is 9.59 Å². The number of nitrogens with one attached hydrogen (secondary N) is 1. The van der Waals surface area contributed by atoms with Crippen LogP contribution in [0.15, 0.2) is 24.3 Å². The first-order valence-corrected chi connectivity index (χ1v) is 9.56. The fraction of sp³-hybridized carbons (Fsp3) is 0.294. The SMILES string of the molecule is NC(=O)c1c(NC(=O)COc2cccc(I)c2)sc2c1CCCC2. The fourth-order valence-corrected chi connectivity index (χ4v) is 4.61. The van der Waals surface area contributed by atoms with Crippen molar-refractivity contribution < 1.29 is 14.3 Å². The maximum absolute atomic E-state index is 12.2. The zero-order valence-electron chi connectivity index (χ0n) is 12.9. The summed E-state index contributed by atoms with van der Waals surface area (Å²) in [6, 6.07) is 7.47. The highest BCUT2D eigenvalue weighted by Crippen LogP contribution is 2.37. The Morgan fingerprint density at radius 1 is 1.29 bits per heavy atom. The number of anilines is 1. The van der Waals surface area contributed by atoms with Crippen molar-refractivity contribution in [1.82, 2.24) is 0 Å². The largest absolute Gasteiger partial charge is 0.484 e. The Morgan fingerprint density at radius 3 is 2.83 bits per heavy atom. The Labute approximate surface area is 157 Å². The molecule has 1 heterocycles. The molecule has 0 aliphatic heterocycles. The summed E-state index contributed by atoms with van der Waals surface area (Å²) in [6.45, 7) is -0.110. The summed E-state index contributed by atoms with van der Waals surface area (Å²) < 4.78 is 6.53. The highest BCUT2D eigenvalue weighted by atomic mass is 127. The van der Waals surface area contributed by atoms with E-state index in [0.717, 1.165) is 39.7 Å². The van der Waals surface area contributed by atoms with Crippen LogP contribution < -0.4 is 15.8 Å². The molecule has 3 N–H and O–H groups in total. The molecule has 0 saturated carbocycles. The smallest absolute Gasteiger partial charge is 0.262 e. The summed E-state index contributed by atoms with van der Waals surface area (Å²) in [5.74, 6) is -0.143. The average molecular weight is 456 g/mol. The van der Waals surface area contributed by atoms with Gasteiger partial charge in [0, 0.05) is 8.45 Å². The first kappa shape index (κ1) is 17.2. The number of halogens is 1. The number of carbonyl (C=O) groups excluding carboxylic acids is 2. The van der Waals surface area contributed by atoms with Crippen LogP contribution in [0.25, 0.3) is 0 Å². The standard InChI is InChI=1S/C17H17IN2O3S/c18-10-4-3-5-11(8-10)23-9-14(21)20-17-15(16(19)22)12-6-1-2-7-13(12)24-17/h3-5,8H,1-2,6-7,9H2,(H2,19,22)(H,20,21). The third-order valence-corrected chi connectivity index (χ3v) is 5.71. The van der Waals surface area contributed by atoms with Gasteiger partial charge < -0.3 is 15.8 Å². The number of primary amides is 1. The lowest BCUT2D eigenvalue weighted by Gasteiger charge is -2.11. The lowest BCUT2D eigenvalue weighted by atomic mass is 9.95. The first-order chi connectivity index (χ1) is 11.5. The molecule has 1 aromatic heterocycles. The number of amides is 2. The second kappa shape index (κ2) is 7.52. The summed E-state index contributed by atoms with van der Waals surface area (Å²) in [4.78, 5) is 25.1. The van der Waals surface area contributed by atoms with E-state index in [9.17, 15) is 9.59 Å². The number of thiophene rings is 1. The third kappa shape index (κ3) is 3.89. The van der Waals surface area contributed by atoms with Crippen molar-refractivity contribution in [2.24, 2.45) is 5.73 Å². The van der Waals surface area contributed by atoms with Crippen molar-refractivity contribution >= 4 is 50.7 Å². The van der Waals surface area contributed by atoms with Gasteiger partial charge in [0.25, 0.3) is 11.8 Å². The van der Waals surface area contributed by atoms with E-state index in [1.54, 1.807) is 6.07 Å². The van der Waals surface area contributed by atoms with Crippen LogP contribution in [0, 0.1) is 3.57 Å². The van der Waals surface area contributed by atoms with Gasteiger partial charge in [-0.05, 0) is 72.0 Å². The van der Waals surface area contributed by atoms with Crippen molar-refractivity contribution in [3.8, 4) is 5.75 Å². The van der Waals surface area contributed by atoms with E-state index < -0.39 is 5.91 Å². The van der Waals surface area contributed by atoms with Crippen molar-refractivity contribution in [3.05, 3.63) is 43.8 Å². The molecule has 2 aromatic rings. The molecule has 0 unspecified atom stereocenters. The topological polar surface area (TPSA) is 81.4 Å². The molecule has 0 saturated heterocycles. The normalized spacial score (nSPS) is 13.2. The Balaban J connectivity index is 1.70. The van der Waals surface area contributed by atoms with Crippen LogP contribution in [0.1, 0.15) is 33.6 Å². The number of aryl methyl sites for hydroxylation is 1. The number of nitrogens with two attached hydrogens (primary N) is 1. The molecule has 7 heteroatoms. The summed E-state index contributed by atoms with van der Waals surface area (Å²) >= 11 is 3.64. The molecule has 1 aliphatic rings. The molecule has 0 spiro atoms. The van der Waals surface area contributed by atoms with E-state index in [-0.39, 0.29) is 12.5 Å². The van der Waals surface area contributed by atoms with E-state index in [2.05, 4.69) is 27.9 Å². The molecular formula is C17H17IN2O3S. The Bertz CT molecular complexity index is 788. The minimum atomic E-state index is -0.483. The minimum absolute atomic E-state index is 0.110. The van der Waals surface area contributed by atoms with Crippen LogP contribution in [-0.2, 0) is 17.6 Å². The minimum Gasteiger partial charge on any atom is -0.484 e. The number of ether oxygens (including phenoxy) is 1. The van der Waals surface area contributed by atoms with E-state index in [1.165, 1.54) is 11.3 Å². The number of hydrogen-bond donors (Lipinski definition) is 2. The van der Waals surface area contributed by atoms with Gasteiger partial charge in [-0.2, -0.15) is 0 Å². The predicted molar refractivity (Wildman–Crippen MR) is 103 cm³/mol. The summed E-state index contributed by atoms with van der Waals surface area (Å²) in [7, 11) is 0. The Hall–Kier alpha value is -1.61. The molecule has 2 amide bonds. The van der Waals surface area contributed by atoms with E-state index in [4.69, 9.17) is 10.5 Å². The Kier molecular flexibility index (Phi) is 5.40. The van der Waals surface area contributed by atoms with Crippen LogP contribution in [-0.4, -0.2) is 18.4 Å². The molecule has 126 valence electrons. The molecule has 0 atom stereocenters. The maximum Gasteiger partial charge on any atom is 0.262 e. The van der Waals surface area contributed by atoms with Gasteiger partial charge in [0.05, 0.1) is 5.56 Å². The molecule has 0 radical (unpaired) electrons. The van der Waals surface area contributed by atoms with E-state index in [0.29, 0.717) is 16.3 Å². The number of hydrogen-bond acceptors (Lipinski definition) is 4. The third-order valence-electron chi connectivity index (χ3n) is 3.84. The van der Waals surface area contributed by atoms with Gasteiger partial charge in [0.1, 0.15) is 10.8 Å². The number of carbonyl (C=O) groups is 2. The van der Waals surface area contributed by atoms with Gasteiger partial charge in [-0.15, -0.1) is 11.3 Å². The van der Waals surface area contributed by atoms with Gasteiger partial charge >= 0.3 is 0 Å². The molecule has 1 aromatic carbocycles. The summed E-state index contributed by atoms with van der Waals surface area (Å²) in [5.41, 5.74) is 7.00. The lowest BCUT2D eigenvalue weighted by molar-refractivity contribution is -0.118. The zero-order chi connectivity index (χ0) is 17.1. The lowest BCUT2D eigenvalue weighted by Crippen LogP contribution is -2.22. The van der Waals surface area contributed by atoms with E-state index >= 15 is 0 Å². The monoisotopic (exact) mass is 456 g/mol. The van der Waals surface area contributed by atoms with Crippen LogP contribution in [0.2, 0.25) is 0 Å². The van der Waals surface area contributed by atoms with Crippen molar-refractivity contribution in [3.63, 3.8) is 0 Å². The summed E-state index contributed by atoms with van der Waals surface area (Å²) in [5, 5.41) is 3.33. The van der Waals surface area contributed by atoms with E-state index in [1.807, 2.05) is 18.2 Å². The van der Waals surface area contributed by atoms with Gasteiger partial charge in [0.2, 0.25) is 0 Å². The molecule has 0 bridgehead atoms. The molecule has 3 rings (SSSR count). The quantitative estimate of drug-likeness (QED) is 0.678. The molecule has 1 aliphatic carbocycles.